The average Bonchev–Trinajstić information content (AvgIpc) is 2.76. The summed E-state index contributed by atoms with van der Waals surface area (Å²) in [6.45, 7) is 7.75. The number of hydrogen-bond donors (Lipinski definition) is 1. The number of carbonyl (C=O) groups is 2. The van der Waals surface area contributed by atoms with E-state index in [-0.39, 0.29) is 12.0 Å². The summed E-state index contributed by atoms with van der Waals surface area (Å²) in [4.78, 5) is 23.1. The molecule has 3 unspecified atom stereocenters. The average molecular weight is 539 g/mol. The highest BCUT2D eigenvalue weighted by atomic mass is 32.2. The highest BCUT2D eigenvalue weighted by Crippen LogP contribution is 2.65. The summed E-state index contributed by atoms with van der Waals surface area (Å²) in [5.41, 5.74) is -0.339. The van der Waals surface area contributed by atoms with Crippen LogP contribution in [0.3, 0.4) is 0 Å². The van der Waals surface area contributed by atoms with Crippen LogP contribution in [-0.2, 0) is 38.7 Å². The minimum Gasteiger partial charge on any atom is -0.462 e. The van der Waals surface area contributed by atoms with Crippen molar-refractivity contribution in [2.24, 2.45) is 22.7 Å². The lowest BCUT2D eigenvalue weighted by Gasteiger charge is -2.61. The molecule has 0 aromatic heterocycles. The molecule has 4 bridgehead atoms. The van der Waals surface area contributed by atoms with Gasteiger partial charge in [-0.1, -0.05) is 6.58 Å². The molecule has 206 valence electrons. The molecule has 0 spiro atoms. The Hall–Kier alpha value is -1.63. The Morgan fingerprint density at radius 3 is 2.14 bits per heavy atom. The van der Waals surface area contributed by atoms with E-state index in [9.17, 15) is 26.8 Å². The standard InChI is InChI=1S/C24H36F2O9S/c1-16(2)20(27)33-7-5-4-6-32-17(3)34-14-22-9-18-8-19(10-22)12-23(11-18,13-22)15-35-21(28)24(25,26)36(29,30)31/h17-19H,1,4-15H2,2-3H3,(H,29,30,31). The maximum atomic E-state index is 13.6. The maximum absolute atomic E-state index is 13.6. The van der Waals surface area contributed by atoms with Gasteiger partial charge < -0.3 is 18.9 Å². The first-order chi connectivity index (χ1) is 16.7. The molecule has 0 saturated heterocycles. The molecule has 0 amide bonds. The SMILES string of the molecule is C=C(C)C(=O)OCCCCOC(C)OCC12CC3CC(CC(COC(=O)C(F)(F)S(=O)(=O)O)(C3)C1)C2. The zero-order valence-corrected chi connectivity index (χ0v) is 21.6. The fraction of sp³-hybridized carbons (Fsp3) is 0.833. The number of ether oxygens (including phenoxy) is 4. The number of unbranched alkanes of at least 4 members (excludes halogenated alkanes) is 1. The van der Waals surface area contributed by atoms with Crippen molar-refractivity contribution in [2.75, 3.05) is 26.4 Å². The molecule has 0 aliphatic heterocycles. The molecule has 0 radical (unpaired) electrons. The van der Waals surface area contributed by atoms with Gasteiger partial charge in [0.2, 0.25) is 0 Å². The van der Waals surface area contributed by atoms with Gasteiger partial charge in [0.15, 0.2) is 6.29 Å². The minimum absolute atomic E-state index is 0.184. The van der Waals surface area contributed by atoms with Gasteiger partial charge in [0.05, 0.1) is 19.8 Å². The van der Waals surface area contributed by atoms with E-state index in [0.717, 1.165) is 32.1 Å². The van der Waals surface area contributed by atoms with Gasteiger partial charge in [-0.3, -0.25) is 4.55 Å². The van der Waals surface area contributed by atoms with Crippen molar-refractivity contribution in [1.82, 2.24) is 0 Å². The molecular weight excluding hydrogens is 502 g/mol. The number of esters is 2. The molecule has 36 heavy (non-hydrogen) atoms. The first kappa shape index (κ1) is 28.9. The zero-order valence-electron chi connectivity index (χ0n) is 20.8. The lowest BCUT2D eigenvalue weighted by atomic mass is 9.44. The Morgan fingerprint density at radius 2 is 1.58 bits per heavy atom. The second-order valence-electron chi connectivity index (χ2n) is 10.9. The summed E-state index contributed by atoms with van der Waals surface area (Å²) in [7, 11) is -5.90. The summed E-state index contributed by atoms with van der Waals surface area (Å²) >= 11 is 0. The molecule has 4 fully saturated rings. The topological polar surface area (TPSA) is 125 Å². The molecule has 0 heterocycles. The predicted molar refractivity (Wildman–Crippen MR) is 123 cm³/mol. The quantitative estimate of drug-likeness (QED) is 0.115. The van der Waals surface area contributed by atoms with Crippen LogP contribution in [0.1, 0.15) is 65.2 Å². The molecule has 4 rings (SSSR count). The van der Waals surface area contributed by atoms with E-state index >= 15 is 0 Å². The van der Waals surface area contributed by atoms with Crippen LogP contribution in [0.5, 0.6) is 0 Å². The van der Waals surface area contributed by atoms with E-state index in [1.54, 1.807) is 13.8 Å². The normalized spacial score (nSPS) is 30.1. The van der Waals surface area contributed by atoms with Crippen molar-refractivity contribution in [3.63, 3.8) is 0 Å². The smallest absolute Gasteiger partial charge is 0.462 e. The second-order valence-corrected chi connectivity index (χ2v) is 12.4. The van der Waals surface area contributed by atoms with E-state index in [4.69, 9.17) is 23.5 Å². The number of alkyl halides is 2. The molecule has 0 aromatic carbocycles. The van der Waals surface area contributed by atoms with Gasteiger partial charge in [-0.05, 0) is 82.5 Å². The highest BCUT2D eigenvalue weighted by molar-refractivity contribution is 7.87. The van der Waals surface area contributed by atoms with Gasteiger partial charge in [0, 0.05) is 17.6 Å². The molecule has 4 aliphatic rings. The largest absolute Gasteiger partial charge is 0.465 e. The molecule has 4 saturated carbocycles. The summed E-state index contributed by atoms with van der Waals surface area (Å²) in [6.07, 6.45) is 5.84. The first-order valence-corrected chi connectivity index (χ1v) is 13.7. The minimum atomic E-state index is -5.90. The van der Waals surface area contributed by atoms with Gasteiger partial charge in [0.25, 0.3) is 0 Å². The molecule has 4 aliphatic carbocycles. The van der Waals surface area contributed by atoms with Crippen LogP contribution in [0.25, 0.3) is 0 Å². The van der Waals surface area contributed by atoms with E-state index in [0.29, 0.717) is 56.5 Å². The Bertz CT molecular complexity index is 935. The fourth-order valence-corrected chi connectivity index (χ4v) is 6.75. The van der Waals surface area contributed by atoms with Crippen molar-refractivity contribution in [3.8, 4) is 0 Å². The summed E-state index contributed by atoms with van der Waals surface area (Å²) < 4.78 is 79.2. The van der Waals surface area contributed by atoms with Gasteiger partial charge in [-0.2, -0.15) is 17.2 Å². The Kier molecular flexibility index (Phi) is 8.84. The number of halogens is 2. The third-order valence-electron chi connectivity index (χ3n) is 7.47. The Morgan fingerprint density at radius 1 is 1.03 bits per heavy atom. The molecule has 1 N–H and O–H groups in total. The fourth-order valence-electron chi connectivity index (χ4n) is 6.48. The van der Waals surface area contributed by atoms with Gasteiger partial charge in [-0.25, -0.2) is 9.59 Å². The van der Waals surface area contributed by atoms with Crippen molar-refractivity contribution >= 4 is 22.1 Å². The lowest BCUT2D eigenvalue weighted by molar-refractivity contribution is -0.204. The molecule has 9 nitrogen and oxygen atoms in total. The van der Waals surface area contributed by atoms with Crippen molar-refractivity contribution < 1.29 is 50.3 Å². The van der Waals surface area contributed by atoms with Crippen molar-refractivity contribution in [1.29, 1.82) is 0 Å². The van der Waals surface area contributed by atoms with E-state index in [2.05, 4.69) is 6.58 Å². The van der Waals surface area contributed by atoms with Crippen LogP contribution in [0, 0.1) is 22.7 Å². The molecular formula is C24H36F2O9S. The summed E-state index contributed by atoms with van der Waals surface area (Å²) in [5.74, 6) is -1.95. The first-order valence-electron chi connectivity index (χ1n) is 12.2. The van der Waals surface area contributed by atoms with Crippen LogP contribution < -0.4 is 0 Å². The summed E-state index contributed by atoms with van der Waals surface area (Å²) in [6, 6.07) is 0. The van der Waals surface area contributed by atoms with E-state index in [1.165, 1.54) is 0 Å². The summed E-state index contributed by atoms with van der Waals surface area (Å²) in [5, 5.41) is -4.99. The Labute approximate surface area is 210 Å². The molecule has 12 heteroatoms. The second kappa shape index (κ2) is 11.0. The predicted octanol–water partition coefficient (Wildman–Crippen LogP) is 3.88. The van der Waals surface area contributed by atoms with Gasteiger partial charge in [0.1, 0.15) is 0 Å². The van der Waals surface area contributed by atoms with Crippen LogP contribution >= 0.6 is 0 Å². The van der Waals surface area contributed by atoms with Crippen LogP contribution in [0.15, 0.2) is 12.2 Å². The number of rotatable bonds is 14. The monoisotopic (exact) mass is 538 g/mol. The zero-order chi connectivity index (χ0) is 26.8. The van der Waals surface area contributed by atoms with E-state index in [1.807, 2.05) is 0 Å². The van der Waals surface area contributed by atoms with Crippen LogP contribution in [0.2, 0.25) is 0 Å². The third-order valence-corrected chi connectivity index (χ3v) is 8.29. The van der Waals surface area contributed by atoms with Crippen LogP contribution in [0.4, 0.5) is 8.78 Å². The maximum Gasteiger partial charge on any atom is 0.465 e. The Balaban J connectivity index is 1.46. The highest BCUT2D eigenvalue weighted by Gasteiger charge is 2.60. The third kappa shape index (κ3) is 6.81. The number of hydrogen-bond acceptors (Lipinski definition) is 8. The van der Waals surface area contributed by atoms with Crippen molar-refractivity contribution in [3.05, 3.63) is 12.2 Å². The van der Waals surface area contributed by atoms with E-state index < -0.39 is 39.0 Å². The van der Waals surface area contributed by atoms with Crippen molar-refractivity contribution in [2.45, 2.75) is 76.8 Å². The molecule has 0 aromatic rings. The number of carbonyl (C=O) groups excluding carboxylic acids is 2. The lowest BCUT2D eigenvalue weighted by Crippen LogP contribution is -2.56. The molecule has 3 atom stereocenters. The van der Waals surface area contributed by atoms with Gasteiger partial charge >= 0.3 is 27.3 Å². The van der Waals surface area contributed by atoms with Crippen LogP contribution in [-0.4, -0.2) is 62.9 Å². The van der Waals surface area contributed by atoms with Gasteiger partial charge in [-0.15, -0.1) is 0 Å².